The molecule has 5 atom stereocenters. The summed E-state index contributed by atoms with van der Waals surface area (Å²) in [6.07, 6.45) is -5.54. The molecule has 0 bridgehead atoms. The van der Waals surface area contributed by atoms with Crippen molar-refractivity contribution in [2.45, 2.75) is 114 Å². The van der Waals surface area contributed by atoms with Crippen molar-refractivity contribution in [1.29, 1.82) is 0 Å². The molecule has 5 unspecified atom stereocenters. The van der Waals surface area contributed by atoms with Gasteiger partial charge in [-0.3, -0.25) is 19.2 Å². The number of carbonyl (C=O) groups is 4. The molecule has 1 aliphatic heterocycles. The van der Waals surface area contributed by atoms with Crippen LogP contribution in [0.3, 0.4) is 0 Å². The van der Waals surface area contributed by atoms with Gasteiger partial charge < -0.3 is 23.7 Å². The SMILES string of the molecule is CC(C)(C)C(=O)OCC1OC(c2cccs2)C(OC(=O)C(C)(C)C)C(OC(=O)C(C)(C)C)C1OC(=O)C(C)(C)C. The van der Waals surface area contributed by atoms with Gasteiger partial charge in [-0.05, 0) is 94.5 Å². The molecule has 0 saturated carbocycles. The molecule has 0 aromatic carbocycles. The Bertz CT molecular complexity index is 1050. The van der Waals surface area contributed by atoms with E-state index in [-0.39, 0.29) is 6.61 Å². The lowest BCUT2D eigenvalue weighted by atomic mass is 9.90. The predicted octanol–water partition coefficient (Wildman–Crippen LogP) is 5.65. The molecule has 1 aliphatic rings. The van der Waals surface area contributed by atoms with Crippen molar-refractivity contribution in [3.63, 3.8) is 0 Å². The van der Waals surface area contributed by atoms with E-state index in [0.29, 0.717) is 4.88 Å². The summed E-state index contributed by atoms with van der Waals surface area (Å²) in [6, 6.07) is 3.64. The summed E-state index contributed by atoms with van der Waals surface area (Å²) in [5.41, 5.74) is -3.49. The number of ether oxygens (including phenoxy) is 5. The molecule has 9 nitrogen and oxygen atoms in total. The second-order valence-electron chi connectivity index (χ2n) is 14.3. The third-order valence-electron chi connectivity index (χ3n) is 6.01. The van der Waals surface area contributed by atoms with Gasteiger partial charge >= 0.3 is 23.9 Å². The average Bonchev–Trinajstić information content (AvgIpc) is 3.31. The summed E-state index contributed by atoms with van der Waals surface area (Å²) in [5.74, 6) is -2.18. The molecule has 1 aromatic heterocycles. The minimum absolute atomic E-state index is 0.274. The van der Waals surface area contributed by atoms with Crippen molar-refractivity contribution in [1.82, 2.24) is 0 Å². The van der Waals surface area contributed by atoms with Gasteiger partial charge in [0.05, 0.1) is 21.7 Å². The molecule has 2 heterocycles. The standard InChI is InChI=1S/C30H46O9S/c1-27(2,3)23(31)35-16-17-19(37-24(32)28(4,5)6)21(38-25(33)29(7,8)9)22(39-26(34)30(10,11)12)20(36-17)18-14-13-15-40-18/h13-15,17,19-22H,16H2,1-12H3. The fraction of sp³-hybridized carbons (Fsp3) is 0.733. The summed E-state index contributed by atoms with van der Waals surface area (Å²) in [4.78, 5) is 53.0. The zero-order valence-corrected chi connectivity index (χ0v) is 26.7. The molecule has 226 valence electrons. The van der Waals surface area contributed by atoms with E-state index in [9.17, 15) is 19.2 Å². The number of rotatable bonds is 6. The first kappa shape index (κ1) is 33.7. The maximum atomic E-state index is 13.3. The van der Waals surface area contributed by atoms with E-state index in [1.165, 1.54) is 11.3 Å². The van der Waals surface area contributed by atoms with Gasteiger partial charge in [-0.15, -0.1) is 11.3 Å². The molecule has 1 aromatic rings. The first-order chi connectivity index (χ1) is 18.0. The first-order valence-electron chi connectivity index (χ1n) is 13.5. The largest absolute Gasteiger partial charge is 0.462 e. The van der Waals surface area contributed by atoms with Gasteiger partial charge in [0.15, 0.2) is 18.3 Å². The van der Waals surface area contributed by atoms with Crippen LogP contribution in [-0.4, -0.2) is 54.9 Å². The molecule has 0 spiro atoms. The summed E-state index contributed by atoms with van der Waals surface area (Å²) >= 11 is 1.37. The summed E-state index contributed by atoms with van der Waals surface area (Å²) in [7, 11) is 0. The van der Waals surface area contributed by atoms with Crippen LogP contribution < -0.4 is 0 Å². The summed E-state index contributed by atoms with van der Waals surface area (Å²) < 4.78 is 30.0. The Labute approximate surface area is 242 Å². The van der Waals surface area contributed by atoms with Crippen LogP contribution in [0.2, 0.25) is 0 Å². The Balaban J connectivity index is 2.68. The van der Waals surface area contributed by atoms with E-state index in [4.69, 9.17) is 23.7 Å². The summed E-state index contributed by atoms with van der Waals surface area (Å²) in [5, 5.41) is 1.85. The minimum atomic E-state index is -1.25. The normalized spacial score (nSPS) is 24.1. The molecule has 0 aliphatic carbocycles. The second kappa shape index (κ2) is 12.2. The van der Waals surface area contributed by atoms with E-state index in [1.807, 2.05) is 17.5 Å². The molecule has 0 N–H and O–H groups in total. The van der Waals surface area contributed by atoms with E-state index < -0.39 is 76.1 Å². The van der Waals surface area contributed by atoms with Crippen molar-refractivity contribution >= 4 is 35.2 Å². The van der Waals surface area contributed by atoms with Crippen LogP contribution in [0.1, 0.15) is 94.1 Å². The fourth-order valence-electron chi connectivity index (χ4n) is 3.41. The van der Waals surface area contributed by atoms with Crippen LogP contribution >= 0.6 is 11.3 Å². The first-order valence-corrected chi connectivity index (χ1v) is 14.4. The van der Waals surface area contributed by atoms with Gasteiger partial charge in [0.25, 0.3) is 0 Å². The van der Waals surface area contributed by atoms with Crippen LogP contribution in [0.4, 0.5) is 0 Å². The quantitative estimate of drug-likeness (QED) is 0.310. The number of carbonyl (C=O) groups excluding carboxylic acids is 4. The van der Waals surface area contributed by atoms with E-state index in [0.717, 1.165) is 0 Å². The molecular formula is C30H46O9S. The average molecular weight is 583 g/mol. The Hall–Kier alpha value is -2.46. The maximum absolute atomic E-state index is 13.3. The number of hydrogen-bond acceptors (Lipinski definition) is 10. The van der Waals surface area contributed by atoms with Gasteiger partial charge in [0, 0.05) is 4.88 Å². The lowest BCUT2D eigenvalue weighted by Gasteiger charge is -2.46. The highest BCUT2D eigenvalue weighted by Gasteiger charge is 2.55. The van der Waals surface area contributed by atoms with Gasteiger partial charge in [-0.1, -0.05) is 6.07 Å². The molecule has 1 fully saturated rings. The van der Waals surface area contributed by atoms with Gasteiger partial charge in [0.2, 0.25) is 0 Å². The molecule has 0 amide bonds. The van der Waals surface area contributed by atoms with Crippen LogP contribution in [0.15, 0.2) is 17.5 Å². The molecule has 0 radical (unpaired) electrons. The Morgan fingerprint density at radius 3 is 1.50 bits per heavy atom. The smallest absolute Gasteiger partial charge is 0.311 e. The Morgan fingerprint density at radius 1 is 0.675 bits per heavy atom. The van der Waals surface area contributed by atoms with Gasteiger partial charge in [-0.2, -0.15) is 0 Å². The molecule has 40 heavy (non-hydrogen) atoms. The van der Waals surface area contributed by atoms with E-state index >= 15 is 0 Å². The Kier molecular flexibility index (Phi) is 10.3. The van der Waals surface area contributed by atoms with Crippen molar-refractivity contribution in [3.05, 3.63) is 22.4 Å². The van der Waals surface area contributed by atoms with Gasteiger partial charge in [0.1, 0.15) is 18.8 Å². The van der Waals surface area contributed by atoms with Gasteiger partial charge in [-0.25, -0.2) is 0 Å². The third-order valence-corrected chi connectivity index (χ3v) is 6.95. The topological polar surface area (TPSA) is 114 Å². The fourth-order valence-corrected chi connectivity index (χ4v) is 4.21. The number of thiophene rings is 1. The highest BCUT2D eigenvalue weighted by atomic mass is 32.1. The lowest BCUT2D eigenvalue weighted by Crippen LogP contribution is -2.61. The predicted molar refractivity (Wildman–Crippen MR) is 150 cm³/mol. The Morgan fingerprint density at radius 2 is 1.10 bits per heavy atom. The van der Waals surface area contributed by atoms with Crippen LogP contribution in [0.25, 0.3) is 0 Å². The molecule has 1 saturated heterocycles. The van der Waals surface area contributed by atoms with E-state index in [2.05, 4.69) is 0 Å². The second-order valence-corrected chi connectivity index (χ2v) is 15.3. The van der Waals surface area contributed by atoms with Crippen molar-refractivity contribution < 1.29 is 42.9 Å². The van der Waals surface area contributed by atoms with Crippen LogP contribution in [0, 0.1) is 21.7 Å². The zero-order chi connectivity index (χ0) is 30.8. The number of hydrogen-bond donors (Lipinski definition) is 0. The maximum Gasteiger partial charge on any atom is 0.311 e. The van der Waals surface area contributed by atoms with Crippen LogP contribution in [0.5, 0.6) is 0 Å². The van der Waals surface area contributed by atoms with Crippen molar-refractivity contribution in [2.24, 2.45) is 21.7 Å². The lowest BCUT2D eigenvalue weighted by molar-refractivity contribution is -0.261. The van der Waals surface area contributed by atoms with Crippen LogP contribution in [-0.2, 0) is 42.9 Å². The molecule has 2 rings (SSSR count). The molecule has 10 heteroatoms. The monoisotopic (exact) mass is 582 g/mol. The summed E-state index contributed by atoms with van der Waals surface area (Å²) in [6.45, 7) is 20.2. The van der Waals surface area contributed by atoms with E-state index in [1.54, 1.807) is 83.1 Å². The third kappa shape index (κ3) is 8.77. The highest BCUT2D eigenvalue weighted by molar-refractivity contribution is 7.10. The molecular weight excluding hydrogens is 536 g/mol. The number of esters is 4. The van der Waals surface area contributed by atoms with Crippen molar-refractivity contribution in [3.8, 4) is 0 Å². The highest BCUT2D eigenvalue weighted by Crippen LogP contribution is 2.41. The minimum Gasteiger partial charge on any atom is -0.462 e. The van der Waals surface area contributed by atoms with Crippen molar-refractivity contribution in [2.75, 3.05) is 6.61 Å². The zero-order valence-electron chi connectivity index (χ0n) is 25.9.